The molecule has 1 aromatic carbocycles. The zero-order chi connectivity index (χ0) is 19.1. The Morgan fingerprint density at radius 1 is 1.33 bits per heavy atom. The van der Waals surface area contributed by atoms with E-state index in [2.05, 4.69) is 15.8 Å². The summed E-state index contributed by atoms with van der Waals surface area (Å²) in [5.41, 5.74) is 0.921. The highest BCUT2D eigenvalue weighted by Gasteiger charge is 2.28. The Morgan fingerprint density at radius 3 is 2.93 bits per heavy atom. The number of amides is 1. The van der Waals surface area contributed by atoms with E-state index < -0.39 is 0 Å². The van der Waals surface area contributed by atoms with Crippen LogP contribution >= 0.6 is 0 Å². The van der Waals surface area contributed by atoms with Crippen LogP contribution in [-0.4, -0.2) is 30.2 Å². The predicted molar refractivity (Wildman–Crippen MR) is 103 cm³/mol. The minimum Gasteiger partial charge on any atom is -0.486 e. The van der Waals surface area contributed by atoms with Crippen LogP contribution in [0.3, 0.4) is 0 Å². The first-order valence-corrected chi connectivity index (χ1v) is 9.72. The van der Waals surface area contributed by atoms with Gasteiger partial charge < -0.3 is 19.9 Å². The fourth-order valence-corrected chi connectivity index (χ4v) is 3.56. The number of hydrogen-bond donors (Lipinski definition) is 2. The Morgan fingerprint density at radius 2 is 2.15 bits per heavy atom. The fraction of sp³-hybridized carbons (Fsp3) is 0.524. The third kappa shape index (κ3) is 6.10. The maximum Gasteiger partial charge on any atom is 0.220 e. The van der Waals surface area contributed by atoms with Gasteiger partial charge in [0.2, 0.25) is 5.91 Å². The molecule has 3 rings (SSSR count). The maximum absolute atomic E-state index is 12.2. The maximum atomic E-state index is 12.2. The van der Waals surface area contributed by atoms with Crippen molar-refractivity contribution in [2.75, 3.05) is 13.1 Å². The molecular formula is C21H29N3O3. The molecule has 2 N–H and O–H groups in total. The standard InChI is InChI=1S/C21H29N3O3/c1-15(2)23-21(25)11-16-8-9-22-13-17(16)10-18-12-20(27-24-18)14-26-19-6-4-3-5-7-19/h3-7,12,15-17,22H,8-11,13-14H2,1-2H3,(H,23,25)/t16-,17+/m1/s1. The monoisotopic (exact) mass is 371 g/mol. The van der Waals surface area contributed by atoms with Crippen LogP contribution in [-0.2, 0) is 17.8 Å². The van der Waals surface area contributed by atoms with Gasteiger partial charge in [0.1, 0.15) is 12.4 Å². The Hall–Kier alpha value is -2.34. The van der Waals surface area contributed by atoms with E-state index in [0.29, 0.717) is 30.6 Å². The van der Waals surface area contributed by atoms with Crippen molar-refractivity contribution < 1.29 is 14.1 Å². The Labute approximate surface area is 160 Å². The van der Waals surface area contributed by atoms with Gasteiger partial charge in [-0.3, -0.25) is 4.79 Å². The summed E-state index contributed by atoms with van der Waals surface area (Å²) >= 11 is 0. The first-order valence-electron chi connectivity index (χ1n) is 9.72. The lowest BCUT2D eigenvalue weighted by atomic mass is 9.81. The molecule has 0 aliphatic carbocycles. The molecule has 2 aromatic rings. The van der Waals surface area contributed by atoms with Gasteiger partial charge in [-0.25, -0.2) is 0 Å². The number of carbonyl (C=O) groups is 1. The van der Waals surface area contributed by atoms with Gasteiger partial charge in [-0.1, -0.05) is 23.4 Å². The average Bonchev–Trinajstić information content (AvgIpc) is 3.09. The summed E-state index contributed by atoms with van der Waals surface area (Å²) in [4.78, 5) is 12.2. The van der Waals surface area contributed by atoms with Gasteiger partial charge in [-0.2, -0.15) is 0 Å². The highest BCUT2D eigenvalue weighted by molar-refractivity contribution is 5.76. The third-order valence-corrected chi connectivity index (χ3v) is 4.87. The van der Waals surface area contributed by atoms with Gasteiger partial charge in [0, 0.05) is 18.5 Å². The minimum atomic E-state index is 0.138. The second-order valence-electron chi connectivity index (χ2n) is 7.53. The molecule has 0 spiro atoms. The van der Waals surface area contributed by atoms with Crippen LogP contribution in [0.25, 0.3) is 0 Å². The molecule has 6 heteroatoms. The van der Waals surface area contributed by atoms with Gasteiger partial charge >= 0.3 is 0 Å². The molecular weight excluding hydrogens is 342 g/mol. The second kappa shape index (κ2) is 9.55. The van der Waals surface area contributed by atoms with Gasteiger partial charge in [0.15, 0.2) is 5.76 Å². The van der Waals surface area contributed by atoms with E-state index in [4.69, 9.17) is 9.26 Å². The topological polar surface area (TPSA) is 76.4 Å². The summed E-state index contributed by atoms with van der Waals surface area (Å²) in [5, 5.41) is 10.6. The summed E-state index contributed by atoms with van der Waals surface area (Å²) in [5.74, 6) is 2.41. The molecule has 27 heavy (non-hydrogen) atoms. The molecule has 1 fully saturated rings. The minimum absolute atomic E-state index is 0.138. The zero-order valence-electron chi connectivity index (χ0n) is 16.1. The number of nitrogens with zero attached hydrogens (tertiary/aromatic N) is 1. The summed E-state index contributed by atoms with van der Waals surface area (Å²) in [6.07, 6.45) is 2.39. The molecule has 0 bridgehead atoms. The molecule has 0 unspecified atom stereocenters. The van der Waals surface area contributed by atoms with Crippen molar-refractivity contribution >= 4 is 5.91 Å². The number of ether oxygens (including phenoxy) is 1. The predicted octanol–water partition coefficient (Wildman–Crippen LogP) is 2.94. The van der Waals surface area contributed by atoms with E-state index >= 15 is 0 Å². The van der Waals surface area contributed by atoms with Crippen molar-refractivity contribution in [1.82, 2.24) is 15.8 Å². The van der Waals surface area contributed by atoms with Crippen molar-refractivity contribution in [3.8, 4) is 5.75 Å². The van der Waals surface area contributed by atoms with E-state index in [9.17, 15) is 4.79 Å². The van der Waals surface area contributed by atoms with Gasteiger partial charge in [-0.05, 0) is 63.7 Å². The van der Waals surface area contributed by atoms with E-state index in [1.807, 2.05) is 50.2 Å². The number of para-hydroxylation sites is 1. The first kappa shape index (κ1) is 19.4. The van der Waals surface area contributed by atoms with Crippen molar-refractivity contribution in [3.05, 3.63) is 47.9 Å². The molecule has 2 heterocycles. The fourth-order valence-electron chi connectivity index (χ4n) is 3.56. The Balaban J connectivity index is 1.53. The average molecular weight is 371 g/mol. The number of hydrogen-bond acceptors (Lipinski definition) is 5. The molecule has 1 aliphatic rings. The van der Waals surface area contributed by atoms with Gasteiger partial charge in [0.25, 0.3) is 0 Å². The van der Waals surface area contributed by atoms with Gasteiger partial charge in [-0.15, -0.1) is 0 Å². The van der Waals surface area contributed by atoms with E-state index in [-0.39, 0.29) is 11.9 Å². The van der Waals surface area contributed by atoms with Crippen molar-refractivity contribution in [2.24, 2.45) is 11.8 Å². The number of aromatic nitrogens is 1. The molecule has 1 saturated heterocycles. The van der Waals surface area contributed by atoms with E-state index in [0.717, 1.165) is 37.4 Å². The van der Waals surface area contributed by atoms with Crippen LogP contribution in [0.2, 0.25) is 0 Å². The molecule has 0 saturated carbocycles. The molecule has 1 amide bonds. The lowest BCUT2D eigenvalue weighted by Crippen LogP contribution is -2.41. The number of benzene rings is 1. The Kier molecular flexibility index (Phi) is 6.87. The number of carbonyl (C=O) groups excluding carboxylic acids is 1. The molecule has 1 aliphatic heterocycles. The largest absolute Gasteiger partial charge is 0.486 e. The van der Waals surface area contributed by atoms with Crippen LogP contribution in [0.1, 0.15) is 38.1 Å². The summed E-state index contributed by atoms with van der Waals surface area (Å²) in [7, 11) is 0. The van der Waals surface area contributed by atoms with Crippen molar-refractivity contribution in [2.45, 2.75) is 45.8 Å². The van der Waals surface area contributed by atoms with Crippen LogP contribution in [0, 0.1) is 11.8 Å². The van der Waals surface area contributed by atoms with Crippen LogP contribution in [0.15, 0.2) is 40.9 Å². The highest BCUT2D eigenvalue weighted by atomic mass is 16.5. The molecule has 6 nitrogen and oxygen atoms in total. The molecule has 1 aromatic heterocycles. The van der Waals surface area contributed by atoms with Crippen LogP contribution < -0.4 is 15.4 Å². The second-order valence-corrected chi connectivity index (χ2v) is 7.53. The smallest absolute Gasteiger partial charge is 0.220 e. The number of nitrogens with one attached hydrogen (secondary N) is 2. The molecule has 2 atom stereocenters. The van der Waals surface area contributed by atoms with Crippen molar-refractivity contribution in [1.29, 1.82) is 0 Å². The molecule has 146 valence electrons. The lowest BCUT2D eigenvalue weighted by Gasteiger charge is -2.31. The SMILES string of the molecule is CC(C)NC(=O)C[C@H]1CCNC[C@@H]1Cc1cc(COc2ccccc2)on1. The quantitative estimate of drug-likeness (QED) is 0.746. The van der Waals surface area contributed by atoms with E-state index in [1.165, 1.54) is 0 Å². The highest BCUT2D eigenvalue weighted by Crippen LogP contribution is 2.26. The summed E-state index contributed by atoms with van der Waals surface area (Å²) in [6.45, 7) is 6.21. The first-order chi connectivity index (χ1) is 13.1. The van der Waals surface area contributed by atoms with Crippen LogP contribution in [0.4, 0.5) is 0 Å². The number of rotatable bonds is 8. The van der Waals surface area contributed by atoms with Crippen LogP contribution in [0.5, 0.6) is 5.75 Å². The lowest BCUT2D eigenvalue weighted by molar-refractivity contribution is -0.123. The normalized spacial score (nSPS) is 19.8. The Bertz CT molecular complexity index is 714. The summed E-state index contributed by atoms with van der Waals surface area (Å²) < 4.78 is 11.1. The van der Waals surface area contributed by atoms with E-state index in [1.54, 1.807) is 0 Å². The molecule has 0 radical (unpaired) electrons. The zero-order valence-corrected chi connectivity index (χ0v) is 16.1. The van der Waals surface area contributed by atoms with Gasteiger partial charge in [0.05, 0.1) is 5.69 Å². The van der Waals surface area contributed by atoms with Crippen molar-refractivity contribution in [3.63, 3.8) is 0 Å². The number of piperidine rings is 1. The summed E-state index contributed by atoms with van der Waals surface area (Å²) in [6, 6.07) is 11.8. The third-order valence-electron chi connectivity index (χ3n) is 4.87.